The molecule has 1 N–H and O–H groups in total. The van der Waals surface area contributed by atoms with Crippen LogP contribution >= 0.6 is 11.3 Å². The Morgan fingerprint density at radius 1 is 1.43 bits per heavy atom. The van der Waals surface area contributed by atoms with E-state index >= 15 is 0 Å². The third-order valence-corrected chi connectivity index (χ3v) is 5.50. The minimum absolute atomic E-state index is 0.194. The van der Waals surface area contributed by atoms with E-state index in [0.717, 1.165) is 47.5 Å². The highest BCUT2D eigenvalue weighted by atomic mass is 32.1. The van der Waals surface area contributed by atoms with Gasteiger partial charge in [0.05, 0.1) is 12.5 Å². The van der Waals surface area contributed by atoms with Gasteiger partial charge in [-0.25, -0.2) is 14.8 Å². The minimum atomic E-state index is -0.332. The quantitative estimate of drug-likeness (QED) is 0.868. The molecule has 1 saturated heterocycles. The maximum absolute atomic E-state index is 12.0. The number of fused-ring (bicyclic) bond motifs is 1. The molecule has 7 heteroatoms. The lowest BCUT2D eigenvalue weighted by molar-refractivity contribution is 0.0605. The van der Waals surface area contributed by atoms with Gasteiger partial charge < -0.3 is 14.7 Å². The van der Waals surface area contributed by atoms with Crippen molar-refractivity contribution in [1.82, 2.24) is 9.97 Å². The molecular formula is C16H21N3O3S. The van der Waals surface area contributed by atoms with Gasteiger partial charge in [0.25, 0.3) is 0 Å². The Labute approximate surface area is 139 Å². The third-order valence-electron chi connectivity index (χ3n) is 4.33. The van der Waals surface area contributed by atoms with E-state index in [0.29, 0.717) is 10.7 Å². The highest BCUT2D eigenvalue weighted by Gasteiger charge is 2.26. The lowest BCUT2D eigenvalue weighted by Gasteiger charge is -2.33. The molecule has 1 aliphatic rings. The van der Waals surface area contributed by atoms with E-state index < -0.39 is 0 Å². The molecule has 1 fully saturated rings. The number of anilines is 1. The summed E-state index contributed by atoms with van der Waals surface area (Å²) in [7, 11) is 1.39. The molecule has 1 aliphatic heterocycles. The first-order valence-electron chi connectivity index (χ1n) is 7.77. The number of ether oxygens (including phenoxy) is 1. The summed E-state index contributed by atoms with van der Waals surface area (Å²) in [5.41, 5.74) is 0.873. The molecule has 2 aromatic heterocycles. The zero-order valence-corrected chi connectivity index (χ0v) is 14.4. The molecule has 0 aromatic carbocycles. The van der Waals surface area contributed by atoms with Crippen LogP contribution in [-0.2, 0) is 4.74 Å². The van der Waals surface area contributed by atoms with Gasteiger partial charge in [0.15, 0.2) is 0 Å². The van der Waals surface area contributed by atoms with Crippen LogP contribution in [0.15, 0.2) is 0 Å². The SMILES string of the molecule is COC(=O)c1sc2nc(C)nc(N3CCC[C@H](CO)C3)c2c1C. The zero-order chi connectivity index (χ0) is 16.6. The van der Waals surface area contributed by atoms with Gasteiger partial charge in [0.1, 0.15) is 21.3 Å². The number of carbonyl (C=O) groups excluding carboxylic acids is 1. The topological polar surface area (TPSA) is 75.5 Å². The number of carbonyl (C=O) groups is 1. The fourth-order valence-electron chi connectivity index (χ4n) is 3.14. The van der Waals surface area contributed by atoms with Crippen molar-refractivity contribution in [3.05, 3.63) is 16.3 Å². The highest BCUT2D eigenvalue weighted by molar-refractivity contribution is 7.20. The van der Waals surface area contributed by atoms with Crippen LogP contribution in [0.5, 0.6) is 0 Å². The summed E-state index contributed by atoms with van der Waals surface area (Å²) in [6.07, 6.45) is 2.07. The van der Waals surface area contributed by atoms with Gasteiger partial charge in [-0.1, -0.05) is 0 Å². The number of thiophene rings is 1. The van der Waals surface area contributed by atoms with Crippen LogP contribution in [0.1, 0.15) is 33.9 Å². The molecule has 0 unspecified atom stereocenters. The van der Waals surface area contributed by atoms with E-state index in [1.807, 2.05) is 13.8 Å². The summed E-state index contributed by atoms with van der Waals surface area (Å²) in [6, 6.07) is 0. The summed E-state index contributed by atoms with van der Waals surface area (Å²) in [5, 5.41) is 10.4. The molecule has 0 saturated carbocycles. The summed E-state index contributed by atoms with van der Waals surface area (Å²) in [4.78, 5) is 24.7. The van der Waals surface area contributed by atoms with E-state index in [1.165, 1.54) is 18.4 Å². The lowest BCUT2D eigenvalue weighted by atomic mass is 9.98. The number of methoxy groups -OCH3 is 1. The number of aliphatic hydroxyl groups excluding tert-OH is 1. The molecule has 2 aromatic rings. The third kappa shape index (κ3) is 2.90. The van der Waals surface area contributed by atoms with Gasteiger partial charge in [0, 0.05) is 19.7 Å². The number of aromatic nitrogens is 2. The molecule has 0 spiro atoms. The number of aryl methyl sites for hydroxylation is 2. The molecule has 3 rings (SSSR count). The molecule has 23 heavy (non-hydrogen) atoms. The number of hydrogen-bond acceptors (Lipinski definition) is 7. The van der Waals surface area contributed by atoms with E-state index in [-0.39, 0.29) is 18.5 Å². The number of esters is 1. The fraction of sp³-hybridized carbons (Fsp3) is 0.562. The van der Waals surface area contributed by atoms with E-state index in [2.05, 4.69) is 14.9 Å². The predicted molar refractivity (Wildman–Crippen MR) is 90.3 cm³/mol. The Kier molecular flexibility index (Phi) is 4.50. The molecule has 1 atom stereocenters. The van der Waals surface area contributed by atoms with Crippen molar-refractivity contribution in [1.29, 1.82) is 0 Å². The van der Waals surface area contributed by atoms with Crippen molar-refractivity contribution in [3.8, 4) is 0 Å². The Morgan fingerprint density at radius 3 is 2.91 bits per heavy atom. The van der Waals surface area contributed by atoms with Crippen LogP contribution in [0.4, 0.5) is 5.82 Å². The molecule has 0 amide bonds. The zero-order valence-electron chi connectivity index (χ0n) is 13.6. The molecule has 6 nitrogen and oxygen atoms in total. The average Bonchev–Trinajstić information content (AvgIpc) is 2.90. The number of piperidine rings is 1. The van der Waals surface area contributed by atoms with Gasteiger partial charge in [0.2, 0.25) is 0 Å². The molecule has 0 aliphatic carbocycles. The summed E-state index contributed by atoms with van der Waals surface area (Å²) >= 11 is 1.35. The first-order valence-corrected chi connectivity index (χ1v) is 8.58. The van der Waals surface area contributed by atoms with Crippen molar-refractivity contribution in [3.63, 3.8) is 0 Å². The van der Waals surface area contributed by atoms with Crippen molar-refractivity contribution in [2.75, 3.05) is 31.7 Å². The second-order valence-corrected chi connectivity index (χ2v) is 6.96. The van der Waals surface area contributed by atoms with Crippen LogP contribution in [0.25, 0.3) is 10.2 Å². The standard InChI is InChI=1S/C16H21N3O3S/c1-9-12-14(19-6-4-5-11(7-19)8-20)17-10(2)18-15(12)23-13(9)16(21)22-3/h11,20H,4-8H2,1-3H3/t11-/m0/s1. The van der Waals surface area contributed by atoms with Crippen LogP contribution in [0.3, 0.4) is 0 Å². The van der Waals surface area contributed by atoms with Crippen molar-refractivity contribution < 1.29 is 14.6 Å². The van der Waals surface area contributed by atoms with Crippen LogP contribution in [0.2, 0.25) is 0 Å². The molecule has 0 bridgehead atoms. The van der Waals surface area contributed by atoms with Crippen LogP contribution in [0, 0.1) is 19.8 Å². The lowest BCUT2D eigenvalue weighted by Crippen LogP contribution is -2.37. The summed E-state index contributed by atoms with van der Waals surface area (Å²) in [6.45, 7) is 5.67. The van der Waals surface area contributed by atoms with Crippen LogP contribution in [-0.4, -0.2) is 47.8 Å². The highest BCUT2D eigenvalue weighted by Crippen LogP contribution is 2.37. The van der Waals surface area contributed by atoms with Crippen molar-refractivity contribution >= 4 is 33.3 Å². The van der Waals surface area contributed by atoms with Gasteiger partial charge in [-0.15, -0.1) is 11.3 Å². The molecule has 124 valence electrons. The van der Waals surface area contributed by atoms with E-state index in [4.69, 9.17) is 4.74 Å². The fourth-order valence-corrected chi connectivity index (χ4v) is 4.28. The average molecular weight is 335 g/mol. The Bertz CT molecular complexity index is 744. The van der Waals surface area contributed by atoms with Gasteiger partial charge in [-0.2, -0.15) is 0 Å². The van der Waals surface area contributed by atoms with Crippen molar-refractivity contribution in [2.24, 2.45) is 5.92 Å². The molecule has 3 heterocycles. The second kappa shape index (κ2) is 6.41. The maximum Gasteiger partial charge on any atom is 0.348 e. The number of rotatable bonds is 3. The summed E-state index contributed by atoms with van der Waals surface area (Å²) < 4.78 is 4.87. The smallest absolute Gasteiger partial charge is 0.348 e. The van der Waals surface area contributed by atoms with Gasteiger partial charge in [-0.05, 0) is 38.2 Å². The molecular weight excluding hydrogens is 314 g/mol. The Balaban J connectivity index is 2.12. The predicted octanol–water partition coefficient (Wildman–Crippen LogP) is 2.30. The Hall–Kier alpha value is -1.73. The monoisotopic (exact) mass is 335 g/mol. The number of aliphatic hydroxyl groups is 1. The first kappa shape index (κ1) is 16.1. The minimum Gasteiger partial charge on any atom is -0.465 e. The normalized spacial score (nSPS) is 18.4. The molecule has 0 radical (unpaired) electrons. The van der Waals surface area contributed by atoms with Gasteiger partial charge >= 0.3 is 5.97 Å². The van der Waals surface area contributed by atoms with Gasteiger partial charge in [-0.3, -0.25) is 0 Å². The first-order chi connectivity index (χ1) is 11.0. The van der Waals surface area contributed by atoms with Crippen molar-refractivity contribution in [2.45, 2.75) is 26.7 Å². The number of nitrogens with zero attached hydrogens (tertiary/aromatic N) is 3. The second-order valence-electron chi connectivity index (χ2n) is 5.96. The Morgan fingerprint density at radius 2 is 2.22 bits per heavy atom. The van der Waals surface area contributed by atoms with Crippen LogP contribution < -0.4 is 4.90 Å². The van der Waals surface area contributed by atoms with E-state index in [1.54, 1.807) is 0 Å². The van der Waals surface area contributed by atoms with E-state index in [9.17, 15) is 9.90 Å². The maximum atomic E-state index is 12.0. The largest absolute Gasteiger partial charge is 0.465 e. The number of hydrogen-bond donors (Lipinski definition) is 1. The summed E-state index contributed by atoms with van der Waals surface area (Å²) in [5.74, 6) is 1.50.